The number of thiophene rings is 1. The van der Waals surface area contributed by atoms with E-state index in [0.717, 1.165) is 12.8 Å². The first-order chi connectivity index (χ1) is 6.33. The fourth-order valence-electron chi connectivity index (χ4n) is 1.40. The SMILES string of the molecule is CCCCC(N)CCc1ccsc1. The van der Waals surface area contributed by atoms with Crippen LogP contribution in [-0.2, 0) is 6.42 Å². The summed E-state index contributed by atoms with van der Waals surface area (Å²) in [5.74, 6) is 0. The van der Waals surface area contributed by atoms with Crippen molar-refractivity contribution in [3.63, 3.8) is 0 Å². The molecule has 0 aliphatic heterocycles. The molecular weight excluding hydrogens is 178 g/mol. The minimum Gasteiger partial charge on any atom is -0.328 e. The van der Waals surface area contributed by atoms with Crippen molar-refractivity contribution in [2.75, 3.05) is 0 Å². The van der Waals surface area contributed by atoms with E-state index in [9.17, 15) is 0 Å². The maximum absolute atomic E-state index is 5.98. The molecular formula is C11H19NS. The van der Waals surface area contributed by atoms with Crippen molar-refractivity contribution in [3.8, 4) is 0 Å². The monoisotopic (exact) mass is 197 g/mol. The fraction of sp³-hybridized carbons (Fsp3) is 0.636. The number of hydrogen-bond donors (Lipinski definition) is 1. The van der Waals surface area contributed by atoms with Crippen molar-refractivity contribution < 1.29 is 0 Å². The second kappa shape index (κ2) is 6.17. The van der Waals surface area contributed by atoms with Crippen LogP contribution in [0.25, 0.3) is 0 Å². The van der Waals surface area contributed by atoms with Crippen molar-refractivity contribution in [1.29, 1.82) is 0 Å². The van der Waals surface area contributed by atoms with E-state index >= 15 is 0 Å². The third-order valence-electron chi connectivity index (χ3n) is 2.31. The van der Waals surface area contributed by atoms with Gasteiger partial charge in [-0.1, -0.05) is 19.8 Å². The second-order valence-corrected chi connectivity index (χ2v) is 4.35. The summed E-state index contributed by atoms with van der Waals surface area (Å²) in [6.07, 6.45) is 5.99. The summed E-state index contributed by atoms with van der Waals surface area (Å²) >= 11 is 1.77. The third kappa shape index (κ3) is 4.44. The van der Waals surface area contributed by atoms with Gasteiger partial charge in [0.1, 0.15) is 0 Å². The summed E-state index contributed by atoms with van der Waals surface area (Å²) in [7, 11) is 0. The second-order valence-electron chi connectivity index (χ2n) is 3.57. The number of nitrogens with two attached hydrogens (primary N) is 1. The highest BCUT2D eigenvalue weighted by molar-refractivity contribution is 7.07. The summed E-state index contributed by atoms with van der Waals surface area (Å²) in [6, 6.07) is 2.59. The molecule has 0 amide bonds. The van der Waals surface area contributed by atoms with Crippen molar-refractivity contribution in [1.82, 2.24) is 0 Å². The highest BCUT2D eigenvalue weighted by Gasteiger charge is 2.02. The summed E-state index contributed by atoms with van der Waals surface area (Å²) in [6.45, 7) is 2.21. The molecule has 0 saturated carbocycles. The molecule has 1 heterocycles. The van der Waals surface area contributed by atoms with E-state index in [2.05, 4.69) is 23.8 Å². The molecule has 74 valence electrons. The Bertz CT molecular complexity index is 206. The molecule has 0 saturated heterocycles. The van der Waals surface area contributed by atoms with Crippen LogP contribution in [-0.4, -0.2) is 6.04 Å². The predicted molar refractivity (Wildman–Crippen MR) is 60.1 cm³/mol. The highest BCUT2D eigenvalue weighted by atomic mass is 32.1. The summed E-state index contributed by atoms with van der Waals surface area (Å²) in [5, 5.41) is 4.35. The van der Waals surface area contributed by atoms with Gasteiger partial charge in [0.25, 0.3) is 0 Å². The van der Waals surface area contributed by atoms with E-state index in [4.69, 9.17) is 5.73 Å². The van der Waals surface area contributed by atoms with Crippen molar-refractivity contribution >= 4 is 11.3 Å². The van der Waals surface area contributed by atoms with Crippen LogP contribution in [0.1, 0.15) is 38.2 Å². The molecule has 13 heavy (non-hydrogen) atoms. The normalized spacial score (nSPS) is 13.1. The maximum Gasteiger partial charge on any atom is 0.00419 e. The van der Waals surface area contributed by atoms with E-state index in [0.29, 0.717) is 6.04 Å². The number of aryl methyl sites for hydroxylation is 1. The smallest absolute Gasteiger partial charge is 0.00419 e. The summed E-state index contributed by atoms with van der Waals surface area (Å²) < 4.78 is 0. The topological polar surface area (TPSA) is 26.0 Å². The maximum atomic E-state index is 5.98. The van der Waals surface area contributed by atoms with Gasteiger partial charge in [-0.15, -0.1) is 0 Å². The van der Waals surface area contributed by atoms with E-state index in [-0.39, 0.29) is 0 Å². The van der Waals surface area contributed by atoms with E-state index in [1.807, 2.05) is 0 Å². The first-order valence-corrected chi connectivity index (χ1v) is 6.04. The Balaban J connectivity index is 2.11. The third-order valence-corrected chi connectivity index (χ3v) is 3.04. The molecule has 0 aromatic carbocycles. The van der Waals surface area contributed by atoms with Crippen LogP contribution >= 0.6 is 11.3 Å². The lowest BCUT2D eigenvalue weighted by Crippen LogP contribution is -2.20. The highest BCUT2D eigenvalue weighted by Crippen LogP contribution is 2.11. The average Bonchev–Trinajstić information content (AvgIpc) is 2.64. The van der Waals surface area contributed by atoms with E-state index < -0.39 is 0 Å². The van der Waals surface area contributed by atoms with E-state index in [1.54, 1.807) is 11.3 Å². The standard InChI is InChI=1S/C11H19NS/c1-2-3-4-11(12)6-5-10-7-8-13-9-10/h7-9,11H,2-6,12H2,1H3. The Kier molecular flexibility index (Phi) is 5.09. The number of hydrogen-bond acceptors (Lipinski definition) is 2. The van der Waals surface area contributed by atoms with Gasteiger partial charge in [0.15, 0.2) is 0 Å². The Morgan fingerprint density at radius 3 is 2.92 bits per heavy atom. The van der Waals surface area contributed by atoms with Crippen LogP contribution in [0.5, 0.6) is 0 Å². The zero-order valence-electron chi connectivity index (χ0n) is 8.33. The molecule has 1 aromatic rings. The van der Waals surface area contributed by atoms with Gasteiger partial charge in [0.05, 0.1) is 0 Å². The fourth-order valence-corrected chi connectivity index (χ4v) is 2.10. The number of rotatable bonds is 6. The van der Waals surface area contributed by atoms with Crippen molar-refractivity contribution in [2.24, 2.45) is 5.73 Å². The lowest BCUT2D eigenvalue weighted by molar-refractivity contribution is 0.541. The molecule has 2 heteroatoms. The molecule has 0 aliphatic carbocycles. The Morgan fingerprint density at radius 1 is 1.46 bits per heavy atom. The summed E-state index contributed by atoms with van der Waals surface area (Å²) in [5.41, 5.74) is 7.42. The molecule has 1 unspecified atom stereocenters. The molecule has 1 nitrogen and oxygen atoms in total. The van der Waals surface area contributed by atoms with Gasteiger partial charge in [0, 0.05) is 6.04 Å². The van der Waals surface area contributed by atoms with Gasteiger partial charge in [-0.2, -0.15) is 11.3 Å². The molecule has 0 radical (unpaired) electrons. The minimum atomic E-state index is 0.403. The first-order valence-electron chi connectivity index (χ1n) is 5.09. The lowest BCUT2D eigenvalue weighted by atomic mass is 10.0. The Morgan fingerprint density at radius 2 is 2.31 bits per heavy atom. The van der Waals surface area contributed by atoms with Gasteiger partial charge in [-0.25, -0.2) is 0 Å². The Labute approximate surface area is 85.0 Å². The van der Waals surface area contributed by atoms with E-state index in [1.165, 1.54) is 24.8 Å². The molecule has 0 bridgehead atoms. The quantitative estimate of drug-likeness (QED) is 0.744. The molecule has 1 atom stereocenters. The number of unbranched alkanes of at least 4 members (excludes halogenated alkanes) is 1. The van der Waals surface area contributed by atoms with Crippen LogP contribution in [0.3, 0.4) is 0 Å². The van der Waals surface area contributed by atoms with Gasteiger partial charge in [0.2, 0.25) is 0 Å². The first kappa shape index (κ1) is 10.7. The van der Waals surface area contributed by atoms with Crippen molar-refractivity contribution in [3.05, 3.63) is 22.4 Å². The van der Waals surface area contributed by atoms with Gasteiger partial charge in [-0.05, 0) is 41.7 Å². The molecule has 0 spiro atoms. The minimum absolute atomic E-state index is 0.403. The zero-order valence-corrected chi connectivity index (χ0v) is 9.15. The largest absolute Gasteiger partial charge is 0.328 e. The van der Waals surface area contributed by atoms with Crippen molar-refractivity contribution in [2.45, 2.75) is 45.1 Å². The van der Waals surface area contributed by atoms with Crippen LogP contribution in [0.2, 0.25) is 0 Å². The predicted octanol–water partition coefficient (Wildman–Crippen LogP) is 3.20. The lowest BCUT2D eigenvalue weighted by Gasteiger charge is -2.09. The van der Waals surface area contributed by atoms with Crippen LogP contribution in [0.4, 0.5) is 0 Å². The van der Waals surface area contributed by atoms with Crippen LogP contribution in [0.15, 0.2) is 16.8 Å². The van der Waals surface area contributed by atoms with Crippen LogP contribution < -0.4 is 5.73 Å². The summed E-state index contributed by atoms with van der Waals surface area (Å²) in [4.78, 5) is 0. The van der Waals surface area contributed by atoms with Crippen LogP contribution in [0, 0.1) is 0 Å². The molecule has 0 fully saturated rings. The Hall–Kier alpha value is -0.340. The van der Waals surface area contributed by atoms with Gasteiger partial charge in [-0.3, -0.25) is 0 Å². The molecule has 1 aromatic heterocycles. The molecule has 1 rings (SSSR count). The average molecular weight is 197 g/mol. The molecule has 2 N–H and O–H groups in total. The molecule has 0 aliphatic rings. The zero-order chi connectivity index (χ0) is 9.52. The van der Waals surface area contributed by atoms with Gasteiger partial charge < -0.3 is 5.73 Å². The van der Waals surface area contributed by atoms with Gasteiger partial charge >= 0.3 is 0 Å².